The van der Waals surface area contributed by atoms with E-state index in [-0.39, 0.29) is 10.9 Å². The minimum Gasteiger partial charge on any atom is -0.398 e. The van der Waals surface area contributed by atoms with Crippen LogP contribution in [0, 0.1) is 13.8 Å². The average molecular weight is 298 g/mol. The number of rotatable bonds is 7. The van der Waals surface area contributed by atoms with E-state index in [2.05, 4.69) is 11.6 Å². The first kappa shape index (κ1) is 17.0. The monoisotopic (exact) mass is 298 g/mol. The van der Waals surface area contributed by atoms with Crippen LogP contribution in [-0.2, 0) is 10.0 Å². The van der Waals surface area contributed by atoms with Gasteiger partial charge in [-0.15, -0.1) is 0 Å². The fraction of sp³-hybridized carbons (Fsp3) is 0.600. The predicted octanol–water partition coefficient (Wildman–Crippen LogP) is 3.13. The van der Waals surface area contributed by atoms with Gasteiger partial charge in [-0.05, 0) is 50.5 Å². The van der Waals surface area contributed by atoms with Crippen LogP contribution in [0.5, 0.6) is 0 Å². The fourth-order valence-electron chi connectivity index (χ4n) is 2.10. The lowest BCUT2D eigenvalue weighted by molar-refractivity contribution is 0.527. The number of hydrogen-bond acceptors (Lipinski definition) is 3. The molecule has 0 aromatic heterocycles. The summed E-state index contributed by atoms with van der Waals surface area (Å²) in [5.74, 6) is 0. The Labute approximate surface area is 122 Å². The van der Waals surface area contributed by atoms with Crippen LogP contribution in [0.2, 0.25) is 0 Å². The van der Waals surface area contributed by atoms with Gasteiger partial charge < -0.3 is 5.73 Å². The second-order valence-electron chi connectivity index (χ2n) is 5.47. The molecule has 0 spiro atoms. The summed E-state index contributed by atoms with van der Waals surface area (Å²) in [6, 6.07) is 3.14. The third-order valence-corrected chi connectivity index (χ3v) is 5.16. The van der Waals surface area contributed by atoms with E-state index < -0.39 is 10.0 Å². The molecule has 1 unspecified atom stereocenters. The molecule has 5 heteroatoms. The van der Waals surface area contributed by atoms with Crippen LogP contribution in [-0.4, -0.2) is 14.5 Å². The number of nitrogen functional groups attached to an aromatic ring is 1. The molecule has 0 aliphatic carbocycles. The highest BCUT2D eigenvalue weighted by atomic mass is 32.2. The fourth-order valence-corrected chi connectivity index (χ4v) is 3.50. The number of benzene rings is 1. The summed E-state index contributed by atoms with van der Waals surface area (Å²) >= 11 is 0. The van der Waals surface area contributed by atoms with Crippen molar-refractivity contribution in [3.05, 3.63) is 23.3 Å². The zero-order valence-corrected chi connectivity index (χ0v) is 13.7. The molecule has 0 aliphatic heterocycles. The van der Waals surface area contributed by atoms with E-state index in [0.717, 1.165) is 36.8 Å². The molecule has 0 aliphatic rings. The predicted molar refractivity (Wildman–Crippen MR) is 84.3 cm³/mol. The molecule has 114 valence electrons. The molecule has 1 aromatic carbocycles. The van der Waals surface area contributed by atoms with Crippen molar-refractivity contribution in [1.29, 1.82) is 0 Å². The van der Waals surface area contributed by atoms with Crippen molar-refractivity contribution in [2.75, 3.05) is 5.73 Å². The van der Waals surface area contributed by atoms with Gasteiger partial charge in [-0.25, -0.2) is 13.1 Å². The van der Waals surface area contributed by atoms with Crippen LogP contribution >= 0.6 is 0 Å². The van der Waals surface area contributed by atoms with E-state index in [4.69, 9.17) is 5.73 Å². The third kappa shape index (κ3) is 4.49. The van der Waals surface area contributed by atoms with Gasteiger partial charge in [0.15, 0.2) is 0 Å². The Hall–Kier alpha value is -1.07. The van der Waals surface area contributed by atoms with Crippen molar-refractivity contribution in [2.45, 2.75) is 64.3 Å². The van der Waals surface area contributed by atoms with Crippen LogP contribution in [0.15, 0.2) is 17.0 Å². The lowest BCUT2D eigenvalue weighted by atomic mass is 10.1. The molecule has 1 aromatic rings. The summed E-state index contributed by atoms with van der Waals surface area (Å²) in [6.07, 6.45) is 4.15. The Morgan fingerprint density at radius 1 is 1.25 bits per heavy atom. The van der Waals surface area contributed by atoms with Gasteiger partial charge >= 0.3 is 0 Å². The first-order chi connectivity index (χ1) is 9.27. The van der Waals surface area contributed by atoms with Gasteiger partial charge in [0, 0.05) is 11.7 Å². The quantitative estimate of drug-likeness (QED) is 0.600. The maximum absolute atomic E-state index is 12.3. The van der Waals surface area contributed by atoms with E-state index in [1.54, 1.807) is 6.07 Å². The second kappa shape index (κ2) is 7.09. The van der Waals surface area contributed by atoms with E-state index in [0.29, 0.717) is 5.69 Å². The zero-order chi connectivity index (χ0) is 15.3. The smallest absolute Gasteiger partial charge is 0.240 e. The number of nitrogens with two attached hydrogens (primary N) is 1. The zero-order valence-electron chi connectivity index (χ0n) is 12.9. The van der Waals surface area contributed by atoms with Crippen molar-refractivity contribution in [1.82, 2.24) is 4.72 Å². The van der Waals surface area contributed by atoms with Crippen molar-refractivity contribution >= 4 is 15.7 Å². The van der Waals surface area contributed by atoms with E-state index in [1.807, 2.05) is 20.8 Å². The van der Waals surface area contributed by atoms with E-state index in [1.165, 1.54) is 6.07 Å². The summed E-state index contributed by atoms with van der Waals surface area (Å²) in [7, 11) is -3.49. The lowest BCUT2D eigenvalue weighted by Gasteiger charge is -2.15. The number of hydrogen-bond donors (Lipinski definition) is 2. The number of sulfonamides is 1. The molecule has 0 amide bonds. The summed E-state index contributed by atoms with van der Waals surface area (Å²) < 4.78 is 27.4. The topological polar surface area (TPSA) is 72.2 Å². The Balaban J connectivity index is 2.84. The van der Waals surface area contributed by atoms with Crippen LogP contribution in [0.25, 0.3) is 0 Å². The van der Waals surface area contributed by atoms with Gasteiger partial charge in [0.25, 0.3) is 0 Å². The Morgan fingerprint density at radius 2 is 1.90 bits per heavy atom. The summed E-state index contributed by atoms with van der Waals surface area (Å²) in [4.78, 5) is 0.250. The van der Waals surface area contributed by atoms with E-state index >= 15 is 0 Å². The molecule has 0 saturated carbocycles. The SMILES string of the molecule is CCCCCC(C)NS(=O)(=O)c1cc(C)c(C)c(N)c1. The maximum Gasteiger partial charge on any atom is 0.240 e. The molecule has 0 saturated heterocycles. The lowest BCUT2D eigenvalue weighted by Crippen LogP contribution is -2.32. The van der Waals surface area contributed by atoms with Crippen LogP contribution < -0.4 is 10.5 Å². The van der Waals surface area contributed by atoms with Gasteiger partial charge in [-0.1, -0.05) is 26.2 Å². The van der Waals surface area contributed by atoms with Crippen LogP contribution in [0.4, 0.5) is 5.69 Å². The first-order valence-electron chi connectivity index (χ1n) is 7.17. The highest BCUT2D eigenvalue weighted by Crippen LogP contribution is 2.21. The molecular weight excluding hydrogens is 272 g/mol. The van der Waals surface area contributed by atoms with Crippen LogP contribution in [0.1, 0.15) is 50.7 Å². The van der Waals surface area contributed by atoms with Gasteiger partial charge in [0.05, 0.1) is 4.90 Å². The van der Waals surface area contributed by atoms with Crippen molar-refractivity contribution in [2.24, 2.45) is 0 Å². The molecule has 0 radical (unpaired) electrons. The van der Waals surface area contributed by atoms with Gasteiger partial charge in [0.2, 0.25) is 10.0 Å². The highest BCUT2D eigenvalue weighted by molar-refractivity contribution is 7.89. The first-order valence-corrected chi connectivity index (χ1v) is 8.65. The number of nitrogens with one attached hydrogen (secondary N) is 1. The molecule has 0 fully saturated rings. The standard InChI is InChI=1S/C15H26N2O2S/c1-5-6-7-8-12(3)17-20(18,19)14-9-11(2)13(4)15(16)10-14/h9-10,12,17H,5-8,16H2,1-4H3. The molecular formula is C15H26N2O2S. The summed E-state index contributed by atoms with van der Waals surface area (Å²) in [6.45, 7) is 7.79. The minimum absolute atomic E-state index is 0.0608. The van der Waals surface area contributed by atoms with E-state index in [9.17, 15) is 8.42 Å². The summed E-state index contributed by atoms with van der Waals surface area (Å²) in [5.41, 5.74) is 8.20. The third-order valence-electron chi connectivity index (χ3n) is 3.59. The molecule has 1 rings (SSSR count). The minimum atomic E-state index is -3.49. The Kier molecular flexibility index (Phi) is 6.02. The Bertz CT molecular complexity index is 530. The van der Waals surface area contributed by atoms with Gasteiger partial charge in [-0.3, -0.25) is 0 Å². The number of aryl methyl sites for hydroxylation is 1. The number of anilines is 1. The Morgan fingerprint density at radius 3 is 2.45 bits per heavy atom. The maximum atomic E-state index is 12.3. The van der Waals surface area contributed by atoms with Crippen LogP contribution in [0.3, 0.4) is 0 Å². The van der Waals surface area contributed by atoms with Gasteiger partial charge in [0.1, 0.15) is 0 Å². The van der Waals surface area contributed by atoms with Crippen molar-refractivity contribution in [3.8, 4) is 0 Å². The summed E-state index contributed by atoms with van der Waals surface area (Å²) in [5, 5.41) is 0. The molecule has 3 N–H and O–H groups in total. The molecule has 20 heavy (non-hydrogen) atoms. The largest absolute Gasteiger partial charge is 0.398 e. The second-order valence-corrected chi connectivity index (χ2v) is 7.19. The number of unbranched alkanes of at least 4 members (excludes halogenated alkanes) is 2. The molecule has 0 bridgehead atoms. The van der Waals surface area contributed by atoms with Gasteiger partial charge in [-0.2, -0.15) is 0 Å². The molecule has 4 nitrogen and oxygen atoms in total. The van der Waals surface area contributed by atoms with Crippen molar-refractivity contribution in [3.63, 3.8) is 0 Å². The van der Waals surface area contributed by atoms with Crippen molar-refractivity contribution < 1.29 is 8.42 Å². The highest BCUT2D eigenvalue weighted by Gasteiger charge is 2.18. The average Bonchev–Trinajstić information content (AvgIpc) is 2.35. The normalized spacial score (nSPS) is 13.4. The molecule has 0 heterocycles. The molecule has 1 atom stereocenters.